The summed E-state index contributed by atoms with van der Waals surface area (Å²) in [5.41, 5.74) is 0. The quantitative estimate of drug-likeness (QED) is 0.0222. The lowest BCUT2D eigenvalue weighted by atomic mass is 10.0. The van der Waals surface area contributed by atoms with Gasteiger partial charge in [-0.05, 0) is 31.6 Å². The van der Waals surface area contributed by atoms with Crippen LogP contribution in [-0.2, 0) is 65.4 Å². The van der Waals surface area contributed by atoms with Gasteiger partial charge in [0.1, 0.15) is 19.3 Å². The van der Waals surface area contributed by atoms with Gasteiger partial charge in [0, 0.05) is 25.7 Å². The van der Waals surface area contributed by atoms with E-state index in [9.17, 15) is 43.2 Å². The molecular weight excluding hydrogens is 1110 g/mol. The van der Waals surface area contributed by atoms with Gasteiger partial charge in [-0.1, -0.05) is 279 Å². The summed E-state index contributed by atoms with van der Waals surface area (Å²) in [5.74, 6) is -1.39. The van der Waals surface area contributed by atoms with Gasteiger partial charge in [-0.25, -0.2) is 9.13 Å². The third-order valence-electron chi connectivity index (χ3n) is 15.0. The zero-order valence-electron chi connectivity index (χ0n) is 54.0. The second kappa shape index (κ2) is 58.7. The van der Waals surface area contributed by atoms with Gasteiger partial charge >= 0.3 is 39.5 Å². The van der Waals surface area contributed by atoms with E-state index in [2.05, 4.69) is 34.6 Å². The number of ether oxygens (including phenoxy) is 4. The van der Waals surface area contributed by atoms with Crippen molar-refractivity contribution in [3.8, 4) is 0 Å². The zero-order valence-corrected chi connectivity index (χ0v) is 55.8. The molecule has 0 aliphatic rings. The van der Waals surface area contributed by atoms with E-state index in [0.29, 0.717) is 25.7 Å². The smallest absolute Gasteiger partial charge is 0.462 e. The number of aliphatic hydroxyl groups is 1. The summed E-state index contributed by atoms with van der Waals surface area (Å²) in [4.78, 5) is 72.1. The van der Waals surface area contributed by atoms with E-state index in [-0.39, 0.29) is 25.7 Å². The van der Waals surface area contributed by atoms with Crippen LogP contribution in [0.3, 0.4) is 0 Å². The monoisotopic (exact) mass is 1240 g/mol. The van der Waals surface area contributed by atoms with Gasteiger partial charge in [-0.15, -0.1) is 0 Å². The van der Waals surface area contributed by atoms with Crippen LogP contribution in [0.5, 0.6) is 0 Å². The molecule has 0 fully saturated rings. The van der Waals surface area contributed by atoms with Crippen molar-refractivity contribution in [2.45, 2.75) is 348 Å². The minimum Gasteiger partial charge on any atom is -0.462 e. The van der Waals surface area contributed by atoms with Crippen molar-refractivity contribution < 1.29 is 80.2 Å². The molecule has 0 rings (SSSR count). The highest BCUT2D eigenvalue weighted by molar-refractivity contribution is 7.47. The van der Waals surface area contributed by atoms with Crippen LogP contribution in [0.2, 0.25) is 0 Å². The van der Waals surface area contributed by atoms with Gasteiger partial charge < -0.3 is 33.8 Å². The first-order valence-electron chi connectivity index (χ1n) is 34.1. The maximum Gasteiger partial charge on any atom is 0.472 e. The molecule has 0 aromatic carbocycles. The summed E-state index contributed by atoms with van der Waals surface area (Å²) in [6.07, 6.45) is 43.2. The van der Waals surface area contributed by atoms with Crippen LogP contribution in [0, 0.1) is 5.92 Å². The van der Waals surface area contributed by atoms with Gasteiger partial charge in [0.25, 0.3) is 0 Å². The molecular formula is C65H126O17P2. The van der Waals surface area contributed by atoms with Crippen LogP contribution < -0.4 is 0 Å². The topological polar surface area (TPSA) is 237 Å². The third-order valence-corrected chi connectivity index (χ3v) is 16.9. The van der Waals surface area contributed by atoms with Crippen LogP contribution in [0.4, 0.5) is 0 Å². The van der Waals surface area contributed by atoms with Gasteiger partial charge in [0.15, 0.2) is 12.2 Å². The van der Waals surface area contributed by atoms with Gasteiger partial charge in [0.2, 0.25) is 0 Å². The minimum absolute atomic E-state index is 0.105. The third kappa shape index (κ3) is 59.0. The highest BCUT2D eigenvalue weighted by Crippen LogP contribution is 2.45. The molecule has 0 bridgehead atoms. The standard InChI is InChI=1S/C65H126O17P2/c1-6-9-12-15-18-21-22-23-24-25-26-27-30-36-41-46-51-65(70)82-61(55-76-63(68)49-44-39-35-31-28-29-32-37-42-47-58(4)5)57-80-84(73,74)78-53-59(66)52-77-83(71,72)79-56-60(81-64(69)50-45-40-34-20-17-14-11-8-3)54-75-62(67)48-43-38-33-19-16-13-10-7-2/h58-61,66H,6-57H2,1-5H3,(H,71,72)(H,73,74)/t59-,60+,61+/m0/s1. The van der Waals surface area contributed by atoms with Crippen molar-refractivity contribution in [2.75, 3.05) is 39.6 Å². The van der Waals surface area contributed by atoms with Crippen molar-refractivity contribution in [2.24, 2.45) is 5.92 Å². The molecule has 498 valence electrons. The average Bonchev–Trinajstić information content (AvgIpc) is 3.49. The number of hydrogen-bond donors (Lipinski definition) is 3. The number of carbonyl (C=O) groups is 4. The number of hydrogen-bond acceptors (Lipinski definition) is 15. The summed E-state index contributed by atoms with van der Waals surface area (Å²) in [6.45, 7) is 7.14. The molecule has 0 saturated heterocycles. The molecule has 0 amide bonds. The average molecular weight is 1240 g/mol. The Morgan fingerprint density at radius 2 is 0.548 bits per heavy atom. The summed E-state index contributed by atoms with van der Waals surface area (Å²) in [6, 6.07) is 0. The number of aliphatic hydroxyl groups excluding tert-OH is 1. The minimum atomic E-state index is -4.94. The Hall–Kier alpha value is -1.94. The fourth-order valence-electron chi connectivity index (χ4n) is 9.76. The first-order valence-corrected chi connectivity index (χ1v) is 37.1. The number of phosphoric acid groups is 2. The lowest BCUT2D eigenvalue weighted by molar-refractivity contribution is -0.161. The zero-order chi connectivity index (χ0) is 62.0. The van der Waals surface area contributed by atoms with Crippen molar-refractivity contribution >= 4 is 39.5 Å². The van der Waals surface area contributed by atoms with Crippen molar-refractivity contribution in [1.82, 2.24) is 0 Å². The van der Waals surface area contributed by atoms with E-state index in [1.54, 1.807) is 0 Å². The second-order valence-corrected chi connectivity index (χ2v) is 26.9. The number of esters is 4. The first-order chi connectivity index (χ1) is 40.5. The van der Waals surface area contributed by atoms with Gasteiger partial charge in [-0.2, -0.15) is 0 Å². The highest BCUT2D eigenvalue weighted by atomic mass is 31.2. The SMILES string of the molecule is CCCCCCCCCCCCCCCCCCC(=O)O[C@H](COC(=O)CCCCCCCCCCCC(C)C)COP(=O)(O)OC[C@@H](O)COP(=O)(O)OC[C@@H](COC(=O)CCCCCCCCCC)OC(=O)CCCCCCCCCC. The summed E-state index contributed by atoms with van der Waals surface area (Å²) < 4.78 is 67.9. The molecule has 2 unspecified atom stereocenters. The Bertz CT molecular complexity index is 1640. The van der Waals surface area contributed by atoms with Crippen LogP contribution in [0.25, 0.3) is 0 Å². The molecule has 0 spiro atoms. The Morgan fingerprint density at radius 3 is 0.810 bits per heavy atom. The van der Waals surface area contributed by atoms with Gasteiger partial charge in [-0.3, -0.25) is 37.3 Å². The molecule has 0 heterocycles. The Morgan fingerprint density at radius 1 is 0.321 bits per heavy atom. The number of carbonyl (C=O) groups excluding carboxylic acids is 4. The lowest BCUT2D eigenvalue weighted by Gasteiger charge is -2.21. The largest absolute Gasteiger partial charge is 0.472 e. The van der Waals surface area contributed by atoms with Crippen molar-refractivity contribution in [3.63, 3.8) is 0 Å². The Labute approximate surface area is 511 Å². The molecule has 5 atom stereocenters. The van der Waals surface area contributed by atoms with Crippen LogP contribution in [-0.4, -0.2) is 96.7 Å². The Balaban J connectivity index is 5.19. The fourth-order valence-corrected chi connectivity index (χ4v) is 11.3. The van der Waals surface area contributed by atoms with E-state index in [4.69, 9.17) is 37.0 Å². The molecule has 0 aliphatic heterocycles. The van der Waals surface area contributed by atoms with Crippen molar-refractivity contribution in [3.05, 3.63) is 0 Å². The van der Waals surface area contributed by atoms with Crippen LogP contribution in [0.1, 0.15) is 330 Å². The van der Waals surface area contributed by atoms with E-state index in [0.717, 1.165) is 109 Å². The Kier molecular flexibility index (Phi) is 57.4. The predicted octanol–water partition coefficient (Wildman–Crippen LogP) is 18.2. The van der Waals surface area contributed by atoms with Crippen LogP contribution in [0.15, 0.2) is 0 Å². The molecule has 3 N–H and O–H groups in total. The molecule has 0 aromatic heterocycles. The maximum absolute atomic E-state index is 13.0. The van der Waals surface area contributed by atoms with Gasteiger partial charge in [0.05, 0.1) is 26.4 Å². The molecule has 17 nitrogen and oxygen atoms in total. The van der Waals surface area contributed by atoms with E-state index < -0.39 is 97.5 Å². The van der Waals surface area contributed by atoms with Crippen LogP contribution >= 0.6 is 15.6 Å². The second-order valence-electron chi connectivity index (χ2n) is 24.0. The fraction of sp³-hybridized carbons (Fsp3) is 0.938. The predicted molar refractivity (Wildman–Crippen MR) is 335 cm³/mol. The summed E-state index contributed by atoms with van der Waals surface area (Å²) in [5, 5.41) is 10.5. The molecule has 0 aromatic rings. The molecule has 0 aliphatic carbocycles. The van der Waals surface area contributed by atoms with Crippen molar-refractivity contribution in [1.29, 1.82) is 0 Å². The van der Waals surface area contributed by atoms with E-state index in [1.807, 2.05) is 0 Å². The summed E-state index contributed by atoms with van der Waals surface area (Å²) in [7, 11) is -9.88. The number of phosphoric ester groups is 2. The van der Waals surface area contributed by atoms with E-state index in [1.165, 1.54) is 141 Å². The molecule has 0 saturated carbocycles. The molecule has 0 radical (unpaired) electrons. The summed E-state index contributed by atoms with van der Waals surface area (Å²) >= 11 is 0. The molecule has 84 heavy (non-hydrogen) atoms. The lowest BCUT2D eigenvalue weighted by Crippen LogP contribution is -2.30. The van der Waals surface area contributed by atoms with E-state index >= 15 is 0 Å². The normalized spacial score (nSPS) is 14.2. The number of unbranched alkanes of at least 4 members (excludes halogenated alkanes) is 37. The highest BCUT2D eigenvalue weighted by Gasteiger charge is 2.30. The molecule has 19 heteroatoms. The maximum atomic E-state index is 13.0. The first kappa shape index (κ1) is 82.1. The number of rotatable bonds is 65.